The van der Waals surface area contributed by atoms with Crippen molar-refractivity contribution in [2.45, 2.75) is 39.5 Å². The SMILES string of the molecule is CCCC(CCC)C(=O)N1CC(=O)NC(=O)C1. The second-order valence-corrected chi connectivity index (χ2v) is 4.44. The summed E-state index contributed by atoms with van der Waals surface area (Å²) in [6.07, 6.45) is 3.51. The summed E-state index contributed by atoms with van der Waals surface area (Å²) in [5.74, 6) is -0.886. The fourth-order valence-electron chi connectivity index (χ4n) is 2.14. The number of hydrogen-bond acceptors (Lipinski definition) is 3. The highest BCUT2D eigenvalue weighted by molar-refractivity contribution is 6.02. The van der Waals surface area contributed by atoms with Crippen LogP contribution in [0.5, 0.6) is 0 Å². The van der Waals surface area contributed by atoms with Gasteiger partial charge in [0, 0.05) is 5.92 Å². The van der Waals surface area contributed by atoms with Gasteiger partial charge in [-0.25, -0.2) is 0 Å². The summed E-state index contributed by atoms with van der Waals surface area (Å²) < 4.78 is 0. The molecular formula is C12H20N2O3. The summed E-state index contributed by atoms with van der Waals surface area (Å²) in [6, 6.07) is 0. The number of nitrogens with one attached hydrogen (secondary N) is 1. The molecule has 96 valence electrons. The molecule has 3 amide bonds. The molecule has 0 aromatic carbocycles. The van der Waals surface area contributed by atoms with Crippen LogP contribution in [0.3, 0.4) is 0 Å². The number of rotatable bonds is 5. The molecule has 1 rings (SSSR count). The zero-order chi connectivity index (χ0) is 12.8. The minimum absolute atomic E-state index is 0.00843. The van der Waals surface area contributed by atoms with Crippen LogP contribution >= 0.6 is 0 Å². The molecule has 0 unspecified atom stereocenters. The van der Waals surface area contributed by atoms with E-state index in [1.807, 2.05) is 13.8 Å². The van der Waals surface area contributed by atoms with Crippen molar-refractivity contribution in [1.29, 1.82) is 0 Å². The monoisotopic (exact) mass is 240 g/mol. The van der Waals surface area contributed by atoms with Crippen LogP contribution in [0.1, 0.15) is 39.5 Å². The molecular weight excluding hydrogens is 220 g/mol. The van der Waals surface area contributed by atoms with Crippen LogP contribution in [0.4, 0.5) is 0 Å². The quantitative estimate of drug-likeness (QED) is 0.719. The average Bonchev–Trinajstić information content (AvgIpc) is 2.26. The Balaban J connectivity index is 2.65. The Morgan fingerprint density at radius 2 is 1.65 bits per heavy atom. The smallest absolute Gasteiger partial charge is 0.246 e. The molecule has 0 atom stereocenters. The third-order valence-electron chi connectivity index (χ3n) is 2.88. The predicted molar refractivity (Wildman–Crippen MR) is 63.0 cm³/mol. The molecule has 0 aromatic rings. The topological polar surface area (TPSA) is 66.5 Å². The van der Waals surface area contributed by atoms with E-state index in [0.29, 0.717) is 0 Å². The minimum Gasteiger partial charge on any atom is -0.324 e. The van der Waals surface area contributed by atoms with Crippen molar-refractivity contribution in [2.24, 2.45) is 5.92 Å². The molecule has 1 heterocycles. The van der Waals surface area contributed by atoms with E-state index in [1.165, 1.54) is 4.90 Å². The maximum atomic E-state index is 12.2. The minimum atomic E-state index is -0.388. The Morgan fingerprint density at radius 3 is 2.06 bits per heavy atom. The van der Waals surface area contributed by atoms with Gasteiger partial charge in [-0.2, -0.15) is 0 Å². The number of carbonyl (C=O) groups excluding carboxylic acids is 3. The number of carbonyl (C=O) groups is 3. The van der Waals surface area contributed by atoms with E-state index >= 15 is 0 Å². The maximum Gasteiger partial charge on any atom is 0.246 e. The van der Waals surface area contributed by atoms with E-state index < -0.39 is 0 Å². The van der Waals surface area contributed by atoms with Gasteiger partial charge in [-0.05, 0) is 12.8 Å². The van der Waals surface area contributed by atoms with Crippen LogP contribution in [0.15, 0.2) is 0 Å². The van der Waals surface area contributed by atoms with Crippen molar-refractivity contribution >= 4 is 17.7 Å². The van der Waals surface area contributed by atoms with Gasteiger partial charge in [-0.1, -0.05) is 26.7 Å². The van der Waals surface area contributed by atoms with Crippen molar-refractivity contribution in [1.82, 2.24) is 10.2 Å². The summed E-state index contributed by atoms with van der Waals surface area (Å²) in [4.78, 5) is 35.9. The van der Waals surface area contributed by atoms with Gasteiger partial charge in [0.2, 0.25) is 17.7 Å². The third-order valence-corrected chi connectivity index (χ3v) is 2.88. The molecule has 0 aromatic heterocycles. The summed E-state index contributed by atoms with van der Waals surface area (Å²) in [5, 5.41) is 2.20. The van der Waals surface area contributed by atoms with Gasteiger partial charge >= 0.3 is 0 Å². The van der Waals surface area contributed by atoms with Gasteiger partial charge in [0.25, 0.3) is 0 Å². The standard InChI is InChI=1S/C12H20N2O3/c1-3-5-9(6-4-2)12(17)14-7-10(15)13-11(16)8-14/h9H,3-8H2,1-2H3,(H,13,15,16). The number of nitrogens with zero attached hydrogens (tertiary/aromatic N) is 1. The van der Waals surface area contributed by atoms with E-state index in [4.69, 9.17) is 0 Å². The molecule has 1 N–H and O–H groups in total. The summed E-state index contributed by atoms with van der Waals surface area (Å²) in [7, 11) is 0. The Hall–Kier alpha value is -1.39. The highest BCUT2D eigenvalue weighted by Gasteiger charge is 2.30. The first-order valence-electron chi connectivity index (χ1n) is 6.19. The van der Waals surface area contributed by atoms with Crippen LogP contribution in [0.25, 0.3) is 0 Å². The fraction of sp³-hybridized carbons (Fsp3) is 0.750. The van der Waals surface area contributed by atoms with Crippen molar-refractivity contribution in [3.05, 3.63) is 0 Å². The lowest BCUT2D eigenvalue weighted by Gasteiger charge is -2.29. The largest absolute Gasteiger partial charge is 0.324 e. The van der Waals surface area contributed by atoms with E-state index in [9.17, 15) is 14.4 Å². The van der Waals surface area contributed by atoms with Gasteiger partial charge < -0.3 is 4.90 Å². The first-order chi connectivity index (χ1) is 8.08. The molecule has 0 bridgehead atoms. The van der Waals surface area contributed by atoms with Gasteiger partial charge in [0.05, 0.1) is 0 Å². The fourth-order valence-corrected chi connectivity index (χ4v) is 2.14. The van der Waals surface area contributed by atoms with Gasteiger partial charge in [0.1, 0.15) is 13.1 Å². The molecule has 1 saturated heterocycles. The molecule has 1 aliphatic heterocycles. The summed E-state index contributed by atoms with van der Waals surface area (Å²) in [6.45, 7) is 4.08. The molecule has 1 fully saturated rings. The molecule has 5 nitrogen and oxygen atoms in total. The molecule has 0 radical (unpaired) electrons. The van der Waals surface area contributed by atoms with Gasteiger partial charge in [-0.15, -0.1) is 0 Å². The lowest BCUT2D eigenvalue weighted by Crippen LogP contribution is -2.54. The van der Waals surface area contributed by atoms with Crippen molar-refractivity contribution in [2.75, 3.05) is 13.1 Å². The first-order valence-corrected chi connectivity index (χ1v) is 6.19. The van der Waals surface area contributed by atoms with Crippen LogP contribution < -0.4 is 5.32 Å². The molecule has 0 spiro atoms. The van der Waals surface area contributed by atoms with E-state index in [1.54, 1.807) is 0 Å². The van der Waals surface area contributed by atoms with E-state index in [2.05, 4.69) is 5.32 Å². The second kappa shape index (κ2) is 6.37. The summed E-state index contributed by atoms with van der Waals surface area (Å²) >= 11 is 0. The zero-order valence-electron chi connectivity index (χ0n) is 10.5. The van der Waals surface area contributed by atoms with Crippen LogP contribution in [0, 0.1) is 5.92 Å². The third kappa shape index (κ3) is 3.84. The van der Waals surface area contributed by atoms with Crippen molar-refractivity contribution in [3.8, 4) is 0 Å². The molecule has 0 saturated carbocycles. The lowest BCUT2D eigenvalue weighted by molar-refractivity contribution is -0.147. The summed E-state index contributed by atoms with van der Waals surface area (Å²) in [5.41, 5.74) is 0. The normalized spacial score (nSPS) is 16.3. The Bertz CT molecular complexity index is 293. The lowest BCUT2D eigenvalue weighted by atomic mass is 9.96. The number of hydrogen-bond donors (Lipinski definition) is 1. The van der Waals surface area contributed by atoms with Gasteiger partial charge in [-0.3, -0.25) is 19.7 Å². The zero-order valence-corrected chi connectivity index (χ0v) is 10.5. The highest BCUT2D eigenvalue weighted by Crippen LogP contribution is 2.17. The Kier molecular flexibility index (Phi) is 5.12. The maximum absolute atomic E-state index is 12.2. The van der Waals surface area contributed by atoms with Crippen molar-refractivity contribution < 1.29 is 14.4 Å². The average molecular weight is 240 g/mol. The molecule has 17 heavy (non-hydrogen) atoms. The number of piperazine rings is 1. The second-order valence-electron chi connectivity index (χ2n) is 4.44. The number of amides is 3. The van der Waals surface area contributed by atoms with Crippen LogP contribution in [0.2, 0.25) is 0 Å². The Labute approximate surface area is 102 Å². The first kappa shape index (κ1) is 13.7. The molecule has 0 aliphatic carbocycles. The van der Waals surface area contributed by atoms with E-state index in [-0.39, 0.29) is 36.7 Å². The Morgan fingerprint density at radius 1 is 1.18 bits per heavy atom. The van der Waals surface area contributed by atoms with E-state index in [0.717, 1.165) is 25.7 Å². The van der Waals surface area contributed by atoms with Crippen LogP contribution in [-0.4, -0.2) is 35.7 Å². The molecule has 5 heteroatoms. The molecule has 1 aliphatic rings. The number of imide groups is 1. The predicted octanol–water partition coefficient (Wildman–Crippen LogP) is 0.688. The van der Waals surface area contributed by atoms with Crippen LogP contribution in [-0.2, 0) is 14.4 Å². The van der Waals surface area contributed by atoms with Crippen molar-refractivity contribution in [3.63, 3.8) is 0 Å². The highest BCUT2D eigenvalue weighted by atomic mass is 16.2. The van der Waals surface area contributed by atoms with Gasteiger partial charge in [0.15, 0.2) is 0 Å².